The second kappa shape index (κ2) is 5.13. The predicted octanol–water partition coefficient (Wildman–Crippen LogP) is 1.36. The molecule has 0 unspecified atom stereocenters. The zero-order valence-electron chi connectivity index (χ0n) is 9.38. The number of nitrogens with one attached hydrogen (secondary N) is 1. The molecule has 2 atom stereocenters. The van der Waals surface area contributed by atoms with E-state index in [2.05, 4.69) is 11.4 Å². The Labute approximate surface area is 90.6 Å². The summed E-state index contributed by atoms with van der Waals surface area (Å²) in [5.74, 6) is -0.0900. The molecular formula is C11H18N2O2. The van der Waals surface area contributed by atoms with Gasteiger partial charge in [0, 0.05) is 6.61 Å². The van der Waals surface area contributed by atoms with Gasteiger partial charge in [0.05, 0.1) is 18.6 Å². The first-order chi connectivity index (χ1) is 7.09. The van der Waals surface area contributed by atoms with E-state index in [4.69, 9.17) is 10.00 Å². The molecule has 1 saturated heterocycles. The molecule has 0 aromatic heterocycles. The van der Waals surface area contributed by atoms with E-state index in [9.17, 15) is 4.79 Å². The summed E-state index contributed by atoms with van der Waals surface area (Å²) < 4.78 is 5.36. The number of rotatable bonds is 4. The number of hydrogen-bond donors (Lipinski definition) is 1. The maximum Gasteiger partial charge on any atom is 0.223 e. The van der Waals surface area contributed by atoms with Crippen LogP contribution in [0.1, 0.15) is 39.5 Å². The summed E-state index contributed by atoms with van der Waals surface area (Å²) in [4.78, 5) is 11.6. The van der Waals surface area contributed by atoms with Crippen molar-refractivity contribution in [1.82, 2.24) is 5.32 Å². The molecule has 1 N–H and O–H groups in total. The van der Waals surface area contributed by atoms with Gasteiger partial charge in [-0.05, 0) is 26.2 Å². The maximum absolute atomic E-state index is 11.6. The minimum Gasteiger partial charge on any atom is -0.378 e. The molecule has 0 saturated carbocycles. The van der Waals surface area contributed by atoms with E-state index in [0.29, 0.717) is 12.8 Å². The highest BCUT2D eigenvalue weighted by Gasteiger charge is 2.26. The number of amides is 1. The van der Waals surface area contributed by atoms with Gasteiger partial charge in [-0.1, -0.05) is 6.92 Å². The lowest BCUT2D eigenvalue weighted by molar-refractivity contribution is -0.124. The van der Waals surface area contributed by atoms with E-state index in [-0.39, 0.29) is 12.0 Å². The fourth-order valence-corrected chi connectivity index (χ4v) is 1.57. The standard InChI is InChI=1S/C11H18N2O2/c1-3-11(2,8-12)13-10(14)7-9-5-4-6-15-9/h9H,3-7H2,1-2H3,(H,13,14)/t9-,11-/m1/s1. The average Bonchev–Trinajstić information content (AvgIpc) is 2.70. The van der Waals surface area contributed by atoms with Gasteiger partial charge < -0.3 is 10.1 Å². The molecule has 0 bridgehead atoms. The van der Waals surface area contributed by atoms with Crippen molar-refractivity contribution in [3.63, 3.8) is 0 Å². The minimum absolute atomic E-state index is 0.0461. The third-order valence-electron chi connectivity index (χ3n) is 2.81. The summed E-state index contributed by atoms with van der Waals surface area (Å²) in [6.07, 6.45) is 3.01. The lowest BCUT2D eigenvalue weighted by atomic mass is 10.0. The van der Waals surface area contributed by atoms with Crippen molar-refractivity contribution in [2.75, 3.05) is 6.61 Å². The summed E-state index contributed by atoms with van der Waals surface area (Å²) in [5.41, 5.74) is -0.740. The lowest BCUT2D eigenvalue weighted by Gasteiger charge is -2.22. The molecule has 1 fully saturated rings. The second-order valence-corrected chi connectivity index (χ2v) is 4.18. The molecule has 0 aromatic rings. The molecule has 0 aromatic carbocycles. The van der Waals surface area contributed by atoms with Gasteiger partial charge in [0.2, 0.25) is 5.91 Å². The van der Waals surface area contributed by atoms with Crippen LogP contribution in [0.5, 0.6) is 0 Å². The molecule has 1 aliphatic heterocycles. The van der Waals surface area contributed by atoms with Crippen LogP contribution in [0, 0.1) is 11.3 Å². The van der Waals surface area contributed by atoms with E-state index in [1.54, 1.807) is 6.92 Å². The third-order valence-corrected chi connectivity index (χ3v) is 2.81. The Bertz CT molecular complexity index is 266. The molecule has 1 rings (SSSR count). The van der Waals surface area contributed by atoms with Gasteiger partial charge in [0.15, 0.2) is 0 Å². The van der Waals surface area contributed by atoms with Crippen LogP contribution >= 0.6 is 0 Å². The van der Waals surface area contributed by atoms with E-state index < -0.39 is 5.54 Å². The van der Waals surface area contributed by atoms with Gasteiger partial charge in [-0.25, -0.2) is 0 Å². The third kappa shape index (κ3) is 3.52. The molecule has 1 aliphatic rings. The largest absolute Gasteiger partial charge is 0.378 e. The SMILES string of the molecule is CC[C@](C)(C#N)NC(=O)C[C@H]1CCCO1. The summed E-state index contributed by atoms with van der Waals surface area (Å²) >= 11 is 0. The first-order valence-corrected chi connectivity index (χ1v) is 5.43. The Balaban J connectivity index is 2.38. The van der Waals surface area contributed by atoms with Gasteiger partial charge in [-0.15, -0.1) is 0 Å². The average molecular weight is 210 g/mol. The Morgan fingerprint density at radius 2 is 2.47 bits per heavy atom. The normalized spacial score (nSPS) is 24.2. The molecular weight excluding hydrogens is 192 g/mol. The van der Waals surface area contributed by atoms with Crippen molar-refractivity contribution < 1.29 is 9.53 Å². The van der Waals surface area contributed by atoms with Gasteiger partial charge in [-0.2, -0.15) is 5.26 Å². The van der Waals surface area contributed by atoms with E-state index >= 15 is 0 Å². The first-order valence-electron chi connectivity index (χ1n) is 5.43. The predicted molar refractivity (Wildman–Crippen MR) is 56.0 cm³/mol. The summed E-state index contributed by atoms with van der Waals surface area (Å²) in [6.45, 7) is 4.37. The maximum atomic E-state index is 11.6. The zero-order chi connectivity index (χ0) is 11.3. The van der Waals surface area contributed by atoms with Crippen molar-refractivity contribution in [3.05, 3.63) is 0 Å². The highest BCUT2D eigenvalue weighted by atomic mass is 16.5. The number of ether oxygens (including phenoxy) is 1. The zero-order valence-corrected chi connectivity index (χ0v) is 9.38. The van der Waals surface area contributed by atoms with Crippen LogP contribution in [0.2, 0.25) is 0 Å². The second-order valence-electron chi connectivity index (χ2n) is 4.18. The Hall–Kier alpha value is -1.08. The lowest BCUT2D eigenvalue weighted by Crippen LogP contribution is -2.45. The number of nitriles is 1. The molecule has 0 spiro atoms. The fraction of sp³-hybridized carbons (Fsp3) is 0.818. The van der Waals surface area contributed by atoms with Crippen LogP contribution < -0.4 is 5.32 Å². The highest BCUT2D eigenvalue weighted by molar-refractivity contribution is 5.77. The number of carbonyl (C=O) groups excluding carboxylic acids is 1. The molecule has 0 radical (unpaired) electrons. The smallest absolute Gasteiger partial charge is 0.223 e. The summed E-state index contributed by atoms with van der Waals surface area (Å²) in [5, 5.41) is 11.6. The molecule has 0 aliphatic carbocycles. The van der Waals surface area contributed by atoms with Crippen LogP contribution in [-0.2, 0) is 9.53 Å². The van der Waals surface area contributed by atoms with Crippen LogP contribution in [0.3, 0.4) is 0 Å². The number of carbonyl (C=O) groups is 1. The van der Waals surface area contributed by atoms with Crippen molar-refractivity contribution in [2.24, 2.45) is 0 Å². The van der Waals surface area contributed by atoms with Gasteiger partial charge in [-0.3, -0.25) is 4.79 Å². The van der Waals surface area contributed by atoms with Crippen LogP contribution in [0.15, 0.2) is 0 Å². The van der Waals surface area contributed by atoms with E-state index in [0.717, 1.165) is 19.4 Å². The summed E-state index contributed by atoms with van der Waals surface area (Å²) in [6, 6.07) is 2.11. The van der Waals surface area contributed by atoms with Crippen LogP contribution in [0.25, 0.3) is 0 Å². The fourth-order valence-electron chi connectivity index (χ4n) is 1.57. The van der Waals surface area contributed by atoms with E-state index in [1.165, 1.54) is 0 Å². The molecule has 84 valence electrons. The monoisotopic (exact) mass is 210 g/mol. The number of nitrogens with zero attached hydrogens (tertiary/aromatic N) is 1. The number of hydrogen-bond acceptors (Lipinski definition) is 3. The quantitative estimate of drug-likeness (QED) is 0.762. The summed E-state index contributed by atoms with van der Waals surface area (Å²) in [7, 11) is 0. The molecule has 4 nitrogen and oxygen atoms in total. The van der Waals surface area contributed by atoms with Gasteiger partial charge >= 0.3 is 0 Å². The van der Waals surface area contributed by atoms with Gasteiger partial charge in [0.25, 0.3) is 0 Å². The topological polar surface area (TPSA) is 62.1 Å². The van der Waals surface area contributed by atoms with E-state index in [1.807, 2.05) is 6.92 Å². The highest BCUT2D eigenvalue weighted by Crippen LogP contribution is 2.16. The first kappa shape index (κ1) is 12.0. The Morgan fingerprint density at radius 3 is 2.93 bits per heavy atom. The Morgan fingerprint density at radius 1 is 1.73 bits per heavy atom. The van der Waals surface area contributed by atoms with Crippen molar-refractivity contribution in [1.29, 1.82) is 5.26 Å². The molecule has 4 heteroatoms. The van der Waals surface area contributed by atoms with Crippen molar-refractivity contribution >= 4 is 5.91 Å². The van der Waals surface area contributed by atoms with Crippen molar-refractivity contribution in [3.8, 4) is 6.07 Å². The van der Waals surface area contributed by atoms with Crippen LogP contribution in [0.4, 0.5) is 0 Å². The molecule has 1 heterocycles. The van der Waals surface area contributed by atoms with Gasteiger partial charge in [0.1, 0.15) is 5.54 Å². The van der Waals surface area contributed by atoms with Crippen LogP contribution in [-0.4, -0.2) is 24.2 Å². The minimum atomic E-state index is -0.740. The molecule has 15 heavy (non-hydrogen) atoms. The van der Waals surface area contributed by atoms with Crippen molar-refractivity contribution in [2.45, 2.75) is 51.2 Å². The Kier molecular flexibility index (Phi) is 4.10. The molecule has 1 amide bonds.